The molecule has 1 aromatic rings. The molecule has 1 saturated heterocycles. The van der Waals surface area contributed by atoms with Gasteiger partial charge in [0.25, 0.3) is 0 Å². The van der Waals surface area contributed by atoms with Gasteiger partial charge in [-0.1, -0.05) is 0 Å². The number of aliphatic carboxylic acids is 1. The molecule has 0 spiro atoms. The zero-order valence-electron chi connectivity index (χ0n) is 16.1. The number of amides is 4. The molecule has 13 heteroatoms. The smallest absolute Gasteiger partial charge is 0.326 e. The highest BCUT2D eigenvalue weighted by atomic mass is 16.4. The molecule has 13 nitrogen and oxygen atoms in total. The summed E-state index contributed by atoms with van der Waals surface area (Å²) in [5.74, 6) is -4.13. The number of aromatic amines is 1. The van der Waals surface area contributed by atoms with Crippen LogP contribution in [-0.4, -0.2) is 75.9 Å². The van der Waals surface area contributed by atoms with Gasteiger partial charge in [-0.15, -0.1) is 0 Å². The van der Waals surface area contributed by atoms with Crippen LogP contribution >= 0.6 is 0 Å². The molecule has 1 aromatic heterocycles. The van der Waals surface area contributed by atoms with Crippen molar-refractivity contribution in [3.63, 3.8) is 0 Å². The quantitative estimate of drug-likeness (QED) is 0.192. The number of nitrogens with two attached hydrogens (primary N) is 1. The van der Waals surface area contributed by atoms with E-state index >= 15 is 0 Å². The summed E-state index contributed by atoms with van der Waals surface area (Å²) < 4.78 is 0. The van der Waals surface area contributed by atoms with E-state index in [1.165, 1.54) is 12.5 Å². The zero-order chi connectivity index (χ0) is 22.1. The Labute approximate surface area is 171 Å². The molecule has 8 N–H and O–H groups in total. The van der Waals surface area contributed by atoms with Gasteiger partial charge < -0.3 is 37.1 Å². The van der Waals surface area contributed by atoms with Crippen LogP contribution < -0.4 is 27.0 Å². The first kappa shape index (κ1) is 22.8. The molecule has 1 aliphatic rings. The van der Waals surface area contributed by atoms with Crippen LogP contribution in [-0.2, 0) is 30.4 Å². The van der Waals surface area contributed by atoms with Gasteiger partial charge in [-0.3, -0.25) is 19.2 Å². The Morgan fingerprint density at radius 2 is 2.00 bits per heavy atom. The number of hydrogen-bond acceptors (Lipinski definition) is 7. The molecule has 1 fully saturated rings. The number of carboxylic acids is 1. The summed E-state index contributed by atoms with van der Waals surface area (Å²) in [4.78, 5) is 65.8. The van der Waals surface area contributed by atoms with Crippen molar-refractivity contribution in [2.75, 3.05) is 13.1 Å². The van der Waals surface area contributed by atoms with E-state index in [1.807, 2.05) is 0 Å². The molecule has 0 saturated carbocycles. The summed E-state index contributed by atoms with van der Waals surface area (Å²) in [6.07, 6.45) is 3.67. The van der Waals surface area contributed by atoms with Gasteiger partial charge in [0.05, 0.1) is 25.3 Å². The van der Waals surface area contributed by atoms with Gasteiger partial charge in [-0.25, -0.2) is 9.78 Å². The lowest BCUT2D eigenvalue weighted by molar-refractivity contribution is -0.142. The predicted molar refractivity (Wildman–Crippen MR) is 102 cm³/mol. The maximum absolute atomic E-state index is 12.5. The van der Waals surface area contributed by atoms with Crippen LogP contribution in [0.3, 0.4) is 0 Å². The Bertz CT molecular complexity index is 776. The fraction of sp³-hybridized carbons (Fsp3) is 0.529. The standard InChI is InChI=1S/C17H25N7O6/c18-13(25)5-11(23-14(26)7-21-15(27)10-2-1-3-20-10)16(28)24-12(17(29)30)4-9-6-19-8-22-9/h6,8,10-12,20H,1-5,7H2,(H2,18,25)(H,19,22)(H,21,27)(H,23,26)(H,24,28)(H,29,30). The van der Waals surface area contributed by atoms with Crippen LogP contribution in [0.2, 0.25) is 0 Å². The SMILES string of the molecule is NC(=O)CC(NC(=O)CNC(=O)C1CCCN1)C(=O)NC(Cc1cnc[nH]1)C(=O)O. The number of primary amides is 1. The van der Waals surface area contributed by atoms with Crippen LogP contribution in [0.15, 0.2) is 12.5 Å². The lowest BCUT2D eigenvalue weighted by atomic mass is 10.1. The van der Waals surface area contributed by atoms with E-state index in [0.29, 0.717) is 18.7 Å². The lowest BCUT2D eigenvalue weighted by Gasteiger charge is -2.20. The van der Waals surface area contributed by atoms with E-state index in [1.54, 1.807) is 0 Å². The monoisotopic (exact) mass is 423 g/mol. The fourth-order valence-corrected chi connectivity index (χ4v) is 2.94. The maximum atomic E-state index is 12.5. The highest BCUT2D eigenvalue weighted by molar-refractivity contribution is 5.95. The van der Waals surface area contributed by atoms with Crippen molar-refractivity contribution in [1.29, 1.82) is 0 Å². The molecule has 3 unspecified atom stereocenters. The minimum absolute atomic E-state index is 0.0806. The first-order valence-electron chi connectivity index (χ1n) is 9.35. The molecule has 2 rings (SSSR count). The highest BCUT2D eigenvalue weighted by Crippen LogP contribution is 2.04. The van der Waals surface area contributed by atoms with E-state index in [4.69, 9.17) is 5.73 Å². The molecule has 4 amide bonds. The van der Waals surface area contributed by atoms with Crippen molar-refractivity contribution in [2.24, 2.45) is 5.73 Å². The van der Waals surface area contributed by atoms with Crippen LogP contribution in [0.5, 0.6) is 0 Å². The van der Waals surface area contributed by atoms with Crippen molar-refractivity contribution in [3.05, 3.63) is 18.2 Å². The number of nitrogens with zero attached hydrogens (tertiary/aromatic N) is 1. The van der Waals surface area contributed by atoms with Crippen LogP contribution in [0.4, 0.5) is 0 Å². The number of carboxylic acid groups (broad SMARTS) is 1. The summed E-state index contributed by atoms with van der Waals surface area (Å²) in [5.41, 5.74) is 5.61. The molecule has 2 heterocycles. The van der Waals surface area contributed by atoms with Crippen molar-refractivity contribution < 1.29 is 29.1 Å². The molecule has 164 valence electrons. The van der Waals surface area contributed by atoms with E-state index in [9.17, 15) is 29.1 Å². The molecular formula is C17H25N7O6. The van der Waals surface area contributed by atoms with Gasteiger partial charge in [0.15, 0.2) is 0 Å². The minimum Gasteiger partial charge on any atom is -0.480 e. The normalized spacial score (nSPS) is 17.5. The molecule has 0 aliphatic carbocycles. The number of aromatic nitrogens is 2. The first-order chi connectivity index (χ1) is 14.3. The van der Waals surface area contributed by atoms with E-state index in [0.717, 1.165) is 6.42 Å². The zero-order valence-corrected chi connectivity index (χ0v) is 16.1. The van der Waals surface area contributed by atoms with Gasteiger partial charge in [0.1, 0.15) is 12.1 Å². The summed E-state index contributed by atoms with van der Waals surface area (Å²) in [6, 6.07) is -3.08. The van der Waals surface area contributed by atoms with Crippen LogP contribution in [0, 0.1) is 0 Å². The van der Waals surface area contributed by atoms with Crippen molar-refractivity contribution in [2.45, 2.75) is 43.8 Å². The third kappa shape index (κ3) is 7.16. The third-order valence-electron chi connectivity index (χ3n) is 4.45. The van der Waals surface area contributed by atoms with Gasteiger partial charge in [0, 0.05) is 18.3 Å². The maximum Gasteiger partial charge on any atom is 0.326 e. The predicted octanol–water partition coefficient (Wildman–Crippen LogP) is -3.25. The van der Waals surface area contributed by atoms with E-state index < -0.39 is 48.7 Å². The van der Waals surface area contributed by atoms with Crippen molar-refractivity contribution >= 4 is 29.6 Å². The summed E-state index contributed by atoms with van der Waals surface area (Å²) >= 11 is 0. The molecule has 0 radical (unpaired) electrons. The number of nitrogens with one attached hydrogen (secondary N) is 5. The number of H-pyrrole nitrogens is 1. The van der Waals surface area contributed by atoms with Crippen molar-refractivity contribution in [1.82, 2.24) is 31.2 Å². The lowest BCUT2D eigenvalue weighted by Crippen LogP contribution is -2.55. The first-order valence-corrected chi connectivity index (χ1v) is 9.35. The number of carbonyl (C=O) groups is 5. The van der Waals surface area contributed by atoms with Gasteiger partial charge >= 0.3 is 5.97 Å². The van der Waals surface area contributed by atoms with E-state index in [2.05, 4.69) is 31.2 Å². The van der Waals surface area contributed by atoms with Gasteiger partial charge in [-0.05, 0) is 19.4 Å². The number of carbonyl (C=O) groups excluding carboxylic acids is 4. The Balaban J connectivity index is 1.92. The van der Waals surface area contributed by atoms with Crippen LogP contribution in [0.25, 0.3) is 0 Å². The third-order valence-corrected chi connectivity index (χ3v) is 4.45. The Kier molecular flexibility index (Phi) is 8.29. The Morgan fingerprint density at radius 3 is 2.57 bits per heavy atom. The highest BCUT2D eigenvalue weighted by Gasteiger charge is 2.29. The van der Waals surface area contributed by atoms with Gasteiger partial charge in [0.2, 0.25) is 23.6 Å². The molecule has 30 heavy (non-hydrogen) atoms. The summed E-state index contributed by atoms with van der Waals surface area (Å²) in [6.45, 7) is 0.310. The number of rotatable bonds is 11. The second-order valence-electron chi connectivity index (χ2n) is 6.84. The second-order valence-corrected chi connectivity index (χ2v) is 6.84. The average molecular weight is 423 g/mol. The average Bonchev–Trinajstić information content (AvgIpc) is 3.38. The molecule has 0 bridgehead atoms. The molecule has 1 aliphatic heterocycles. The number of hydrogen-bond donors (Lipinski definition) is 7. The molecular weight excluding hydrogens is 398 g/mol. The molecule has 0 aromatic carbocycles. The summed E-state index contributed by atoms with van der Waals surface area (Å²) in [7, 11) is 0. The molecule has 3 atom stereocenters. The Hall–Kier alpha value is -3.48. The van der Waals surface area contributed by atoms with E-state index in [-0.39, 0.29) is 18.4 Å². The Morgan fingerprint density at radius 1 is 1.23 bits per heavy atom. The van der Waals surface area contributed by atoms with Crippen molar-refractivity contribution in [3.8, 4) is 0 Å². The minimum atomic E-state index is -1.39. The van der Waals surface area contributed by atoms with Crippen LogP contribution in [0.1, 0.15) is 25.0 Å². The number of imidazole rings is 1. The topological polar surface area (TPSA) is 208 Å². The second kappa shape index (κ2) is 10.9. The summed E-state index contributed by atoms with van der Waals surface area (Å²) in [5, 5.41) is 19.3. The fourth-order valence-electron chi connectivity index (χ4n) is 2.94. The largest absolute Gasteiger partial charge is 0.480 e. The van der Waals surface area contributed by atoms with Gasteiger partial charge in [-0.2, -0.15) is 0 Å².